The standard InChI is InChI=1S/C26H21ClO/c27-18-25(28)26-23(20-12-6-2-7-13-20)16-22(19-10-4-1-5-11-19)17-24(26)21-14-8-3-9-15-21/h1-17,25,28H,18H2. The van der Waals surface area contributed by atoms with Gasteiger partial charge in [-0.2, -0.15) is 0 Å². The molecule has 2 heteroatoms. The molecule has 4 rings (SSSR count). The molecule has 1 unspecified atom stereocenters. The van der Waals surface area contributed by atoms with Crippen molar-refractivity contribution in [1.82, 2.24) is 0 Å². The highest BCUT2D eigenvalue weighted by Crippen LogP contribution is 2.40. The van der Waals surface area contributed by atoms with Crippen molar-refractivity contribution in [2.45, 2.75) is 6.10 Å². The Morgan fingerprint density at radius 3 is 1.36 bits per heavy atom. The van der Waals surface area contributed by atoms with E-state index in [4.69, 9.17) is 11.6 Å². The number of benzene rings is 4. The van der Waals surface area contributed by atoms with Gasteiger partial charge >= 0.3 is 0 Å². The van der Waals surface area contributed by atoms with Gasteiger partial charge in [-0.15, -0.1) is 11.6 Å². The maximum absolute atomic E-state index is 10.8. The van der Waals surface area contributed by atoms with Gasteiger partial charge in [-0.05, 0) is 51.1 Å². The second-order valence-corrected chi connectivity index (χ2v) is 7.06. The lowest BCUT2D eigenvalue weighted by atomic mass is 9.86. The molecule has 0 aliphatic carbocycles. The van der Waals surface area contributed by atoms with Crippen molar-refractivity contribution in [2.24, 2.45) is 0 Å². The Morgan fingerprint density at radius 2 is 0.964 bits per heavy atom. The average Bonchev–Trinajstić information content (AvgIpc) is 2.79. The Balaban J connectivity index is 2.05. The van der Waals surface area contributed by atoms with E-state index in [1.165, 1.54) is 0 Å². The number of hydrogen-bond donors (Lipinski definition) is 1. The number of alkyl halides is 1. The molecule has 1 atom stereocenters. The minimum Gasteiger partial charge on any atom is -0.387 e. The molecule has 138 valence electrons. The van der Waals surface area contributed by atoms with Crippen LogP contribution in [-0.4, -0.2) is 11.0 Å². The van der Waals surface area contributed by atoms with Gasteiger partial charge in [-0.1, -0.05) is 91.0 Å². The average molecular weight is 385 g/mol. The van der Waals surface area contributed by atoms with Crippen molar-refractivity contribution < 1.29 is 5.11 Å². The predicted octanol–water partition coefficient (Wildman–Crippen LogP) is 6.96. The van der Waals surface area contributed by atoms with Gasteiger partial charge in [-0.3, -0.25) is 0 Å². The molecule has 0 spiro atoms. The quantitative estimate of drug-likeness (QED) is 0.369. The molecule has 0 amide bonds. The highest BCUT2D eigenvalue weighted by molar-refractivity contribution is 6.18. The molecular weight excluding hydrogens is 364 g/mol. The summed E-state index contributed by atoms with van der Waals surface area (Å²) in [4.78, 5) is 0. The van der Waals surface area contributed by atoms with Crippen molar-refractivity contribution in [3.05, 3.63) is 109 Å². The molecule has 1 nitrogen and oxygen atoms in total. The number of halogens is 1. The molecule has 0 aromatic heterocycles. The van der Waals surface area contributed by atoms with Crippen LogP contribution in [0.2, 0.25) is 0 Å². The van der Waals surface area contributed by atoms with Crippen molar-refractivity contribution in [3.8, 4) is 33.4 Å². The fourth-order valence-electron chi connectivity index (χ4n) is 3.60. The number of aliphatic hydroxyl groups is 1. The van der Waals surface area contributed by atoms with Crippen molar-refractivity contribution in [3.63, 3.8) is 0 Å². The third-order valence-electron chi connectivity index (χ3n) is 4.94. The van der Waals surface area contributed by atoms with Crippen LogP contribution in [0.1, 0.15) is 11.7 Å². The Hall–Kier alpha value is -2.87. The van der Waals surface area contributed by atoms with Crippen LogP contribution in [0.25, 0.3) is 33.4 Å². The van der Waals surface area contributed by atoms with Gasteiger partial charge in [0.15, 0.2) is 0 Å². The largest absolute Gasteiger partial charge is 0.387 e. The van der Waals surface area contributed by atoms with Crippen LogP contribution in [0.5, 0.6) is 0 Å². The SMILES string of the molecule is OC(CCl)c1c(-c2ccccc2)cc(-c2ccccc2)cc1-c1ccccc1. The van der Waals surface area contributed by atoms with Crippen molar-refractivity contribution in [2.75, 3.05) is 5.88 Å². The second-order valence-electron chi connectivity index (χ2n) is 6.75. The zero-order chi connectivity index (χ0) is 19.3. The van der Waals surface area contributed by atoms with Crippen molar-refractivity contribution in [1.29, 1.82) is 0 Å². The van der Waals surface area contributed by atoms with E-state index in [2.05, 4.69) is 48.5 Å². The van der Waals surface area contributed by atoms with Crippen molar-refractivity contribution >= 4 is 11.6 Å². The van der Waals surface area contributed by atoms with E-state index in [0.29, 0.717) is 0 Å². The summed E-state index contributed by atoms with van der Waals surface area (Å²) in [6, 6.07) is 35.0. The van der Waals surface area contributed by atoms with Gasteiger partial charge in [0.2, 0.25) is 0 Å². The number of hydrogen-bond acceptors (Lipinski definition) is 1. The summed E-state index contributed by atoms with van der Waals surface area (Å²) < 4.78 is 0. The Labute approximate surface area is 170 Å². The highest BCUT2D eigenvalue weighted by Gasteiger charge is 2.20. The van der Waals surface area contributed by atoms with E-state index in [1.807, 2.05) is 54.6 Å². The number of aliphatic hydroxyl groups excluding tert-OH is 1. The molecular formula is C26H21ClO. The Morgan fingerprint density at radius 1 is 0.571 bits per heavy atom. The zero-order valence-corrected chi connectivity index (χ0v) is 16.2. The molecule has 0 fully saturated rings. The van der Waals surface area contributed by atoms with Crippen LogP contribution in [0.3, 0.4) is 0 Å². The lowest BCUT2D eigenvalue weighted by Gasteiger charge is -2.21. The molecule has 0 radical (unpaired) electrons. The van der Waals surface area contributed by atoms with Crippen LogP contribution in [0.15, 0.2) is 103 Å². The Kier molecular flexibility index (Phi) is 5.57. The first-order valence-electron chi connectivity index (χ1n) is 9.36. The summed E-state index contributed by atoms with van der Waals surface area (Å²) in [6.07, 6.45) is -0.753. The number of rotatable bonds is 5. The second kappa shape index (κ2) is 8.43. The molecule has 1 N–H and O–H groups in total. The van der Waals surface area contributed by atoms with E-state index in [-0.39, 0.29) is 5.88 Å². The third kappa shape index (κ3) is 3.73. The van der Waals surface area contributed by atoms with Crippen LogP contribution < -0.4 is 0 Å². The molecule has 28 heavy (non-hydrogen) atoms. The molecule has 0 saturated heterocycles. The summed E-state index contributed by atoms with van der Waals surface area (Å²) in [5, 5.41) is 10.8. The molecule has 0 aliphatic rings. The van der Waals surface area contributed by atoms with E-state index >= 15 is 0 Å². The van der Waals surface area contributed by atoms with E-state index in [1.54, 1.807) is 0 Å². The minimum atomic E-state index is -0.753. The first-order valence-corrected chi connectivity index (χ1v) is 9.89. The van der Waals surface area contributed by atoms with Gasteiger partial charge in [-0.25, -0.2) is 0 Å². The zero-order valence-electron chi connectivity index (χ0n) is 15.4. The first kappa shape index (κ1) is 18.5. The molecule has 4 aromatic carbocycles. The summed E-state index contributed by atoms with van der Waals surface area (Å²) in [7, 11) is 0. The maximum atomic E-state index is 10.8. The first-order chi connectivity index (χ1) is 13.8. The maximum Gasteiger partial charge on any atom is 0.0937 e. The lowest BCUT2D eigenvalue weighted by Crippen LogP contribution is -2.05. The van der Waals surface area contributed by atoms with Gasteiger partial charge in [0, 0.05) is 0 Å². The van der Waals surface area contributed by atoms with E-state index in [0.717, 1.165) is 38.9 Å². The van der Waals surface area contributed by atoms with E-state index in [9.17, 15) is 5.11 Å². The molecule has 4 aromatic rings. The third-order valence-corrected chi connectivity index (χ3v) is 5.23. The Bertz CT molecular complexity index is 983. The summed E-state index contributed by atoms with van der Waals surface area (Å²) in [6.45, 7) is 0. The molecule has 0 heterocycles. The summed E-state index contributed by atoms with van der Waals surface area (Å²) in [5.74, 6) is 0.143. The predicted molar refractivity (Wildman–Crippen MR) is 118 cm³/mol. The fraction of sp³-hybridized carbons (Fsp3) is 0.0769. The van der Waals surface area contributed by atoms with Gasteiger partial charge in [0.05, 0.1) is 12.0 Å². The fourth-order valence-corrected chi connectivity index (χ4v) is 3.75. The van der Waals surface area contributed by atoms with Crippen LogP contribution in [-0.2, 0) is 0 Å². The molecule has 0 bridgehead atoms. The summed E-state index contributed by atoms with van der Waals surface area (Å²) in [5.41, 5.74) is 7.27. The topological polar surface area (TPSA) is 20.2 Å². The normalized spacial score (nSPS) is 11.9. The van der Waals surface area contributed by atoms with Crippen LogP contribution >= 0.6 is 11.6 Å². The monoisotopic (exact) mass is 384 g/mol. The lowest BCUT2D eigenvalue weighted by molar-refractivity contribution is 0.204. The van der Waals surface area contributed by atoms with Crippen LogP contribution in [0, 0.1) is 0 Å². The summed E-state index contributed by atoms with van der Waals surface area (Å²) >= 11 is 6.11. The highest BCUT2D eigenvalue weighted by atomic mass is 35.5. The molecule has 0 aliphatic heterocycles. The van der Waals surface area contributed by atoms with Gasteiger partial charge in [0.25, 0.3) is 0 Å². The minimum absolute atomic E-state index is 0.143. The van der Waals surface area contributed by atoms with Gasteiger partial charge < -0.3 is 5.11 Å². The van der Waals surface area contributed by atoms with Gasteiger partial charge in [0.1, 0.15) is 0 Å². The smallest absolute Gasteiger partial charge is 0.0937 e. The molecule has 0 saturated carbocycles. The van der Waals surface area contributed by atoms with E-state index < -0.39 is 6.10 Å². The van der Waals surface area contributed by atoms with Crippen LogP contribution in [0.4, 0.5) is 0 Å².